The topological polar surface area (TPSA) is 26.3 Å². The minimum atomic E-state index is -0.260. The van der Waals surface area contributed by atoms with Crippen LogP contribution >= 0.6 is 0 Å². The molecule has 0 heterocycles. The molecule has 0 aromatic rings. The van der Waals surface area contributed by atoms with Crippen LogP contribution in [0.1, 0.15) is 33.1 Å². The first-order valence-electron chi connectivity index (χ1n) is 4.50. The van der Waals surface area contributed by atoms with Crippen molar-refractivity contribution in [3.63, 3.8) is 0 Å². The fraction of sp³-hybridized carbons (Fsp3) is 0.700. The first-order chi connectivity index (χ1) is 5.74. The van der Waals surface area contributed by atoms with E-state index in [-0.39, 0.29) is 5.97 Å². The lowest BCUT2D eigenvalue weighted by atomic mass is 10.0. The summed E-state index contributed by atoms with van der Waals surface area (Å²) in [6.07, 6.45) is 6.84. The van der Waals surface area contributed by atoms with Gasteiger partial charge in [-0.25, -0.2) is 4.79 Å². The summed E-state index contributed by atoms with van der Waals surface area (Å²) in [6, 6.07) is 0. The van der Waals surface area contributed by atoms with Gasteiger partial charge < -0.3 is 4.74 Å². The van der Waals surface area contributed by atoms with Gasteiger partial charge in [0, 0.05) is 6.08 Å². The van der Waals surface area contributed by atoms with E-state index in [9.17, 15) is 4.79 Å². The molecule has 0 aliphatic carbocycles. The molecule has 0 amide bonds. The third-order valence-electron chi connectivity index (χ3n) is 1.89. The van der Waals surface area contributed by atoms with Crippen LogP contribution in [0.2, 0.25) is 0 Å². The molecule has 2 heteroatoms. The fourth-order valence-electron chi connectivity index (χ4n) is 1.09. The van der Waals surface area contributed by atoms with Gasteiger partial charge in [-0.3, -0.25) is 0 Å². The molecule has 0 aliphatic rings. The van der Waals surface area contributed by atoms with Gasteiger partial charge in [-0.05, 0) is 18.8 Å². The second-order valence-corrected chi connectivity index (χ2v) is 2.84. The van der Waals surface area contributed by atoms with E-state index < -0.39 is 0 Å². The van der Waals surface area contributed by atoms with Crippen LogP contribution in [-0.4, -0.2) is 13.1 Å². The van der Waals surface area contributed by atoms with Gasteiger partial charge in [-0.2, -0.15) is 0 Å². The van der Waals surface area contributed by atoms with Crippen LogP contribution in [0.15, 0.2) is 12.2 Å². The number of carbonyl (C=O) groups is 1. The summed E-state index contributed by atoms with van der Waals surface area (Å²) in [6.45, 7) is 4.27. The van der Waals surface area contributed by atoms with Crippen LogP contribution in [0.5, 0.6) is 0 Å². The van der Waals surface area contributed by atoms with Crippen molar-refractivity contribution in [2.24, 2.45) is 5.92 Å². The lowest BCUT2D eigenvalue weighted by molar-refractivity contribution is -0.134. The molecule has 2 nitrogen and oxygen atoms in total. The molecule has 0 rings (SSSR count). The fourth-order valence-corrected chi connectivity index (χ4v) is 1.09. The molecular weight excluding hydrogens is 152 g/mol. The molecule has 0 saturated heterocycles. The molecule has 0 unspecified atom stereocenters. The monoisotopic (exact) mass is 170 g/mol. The van der Waals surface area contributed by atoms with Gasteiger partial charge >= 0.3 is 5.97 Å². The van der Waals surface area contributed by atoms with Crippen molar-refractivity contribution in [3.05, 3.63) is 12.2 Å². The Kier molecular flexibility index (Phi) is 6.44. The first kappa shape index (κ1) is 11.2. The van der Waals surface area contributed by atoms with Crippen LogP contribution in [0.3, 0.4) is 0 Å². The van der Waals surface area contributed by atoms with Gasteiger partial charge in [-0.1, -0.05) is 26.3 Å². The van der Waals surface area contributed by atoms with Crippen LogP contribution in [-0.2, 0) is 9.53 Å². The van der Waals surface area contributed by atoms with Crippen molar-refractivity contribution in [1.82, 2.24) is 0 Å². The Hall–Kier alpha value is -0.790. The van der Waals surface area contributed by atoms with Crippen molar-refractivity contribution in [3.8, 4) is 0 Å². The predicted octanol–water partition coefficient (Wildman–Crippen LogP) is 2.54. The summed E-state index contributed by atoms with van der Waals surface area (Å²) in [7, 11) is 1.40. The van der Waals surface area contributed by atoms with Crippen molar-refractivity contribution in [2.45, 2.75) is 33.1 Å². The van der Waals surface area contributed by atoms with Crippen molar-refractivity contribution >= 4 is 5.97 Å². The van der Waals surface area contributed by atoms with E-state index in [4.69, 9.17) is 0 Å². The Balaban J connectivity index is 3.83. The highest BCUT2D eigenvalue weighted by molar-refractivity contribution is 5.81. The maximum Gasteiger partial charge on any atom is 0.330 e. The summed E-state index contributed by atoms with van der Waals surface area (Å²) < 4.78 is 4.50. The number of esters is 1. The zero-order valence-corrected chi connectivity index (χ0v) is 8.17. The van der Waals surface area contributed by atoms with Gasteiger partial charge in [0.25, 0.3) is 0 Å². The number of carbonyl (C=O) groups excluding carboxylic acids is 1. The van der Waals surface area contributed by atoms with E-state index in [0.717, 1.165) is 19.3 Å². The molecule has 70 valence electrons. The van der Waals surface area contributed by atoms with E-state index in [1.165, 1.54) is 13.2 Å². The smallest absolute Gasteiger partial charge is 0.330 e. The summed E-state index contributed by atoms with van der Waals surface area (Å²) in [5, 5.41) is 0. The van der Waals surface area contributed by atoms with E-state index in [1.54, 1.807) is 0 Å². The Morgan fingerprint density at radius 2 is 2.17 bits per heavy atom. The average Bonchev–Trinajstić information content (AvgIpc) is 2.11. The second-order valence-electron chi connectivity index (χ2n) is 2.84. The number of ether oxygens (including phenoxy) is 1. The number of allylic oxidation sites excluding steroid dienone is 1. The zero-order valence-electron chi connectivity index (χ0n) is 8.17. The Labute approximate surface area is 74.6 Å². The standard InChI is InChI=1S/C10H18O2/c1-4-6-9(5-2)7-8-10(11)12-3/h7-9H,4-6H2,1-3H3/b8-7+/t9-/m1/s1. The maximum atomic E-state index is 10.7. The molecule has 0 N–H and O–H groups in total. The van der Waals surface area contributed by atoms with Crippen molar-refractivity contribution in [2.75, 3.05) is 7.11 Å². The van der Waals surface area contributed by atoms with Gasteiger partial charge in [-0.15, -0.1) is 0 Å². The molecule has 1 atom stereocenters. The van der Waals surface area contributed by atoms with Crippen molar-refractivity contribution < 1.29 is 9.53 Å². The van der Waals surface area contributed by atoms with Crippen LogP contribution < -0.4 is 0 Å². The highest BCUT2D eigenvalue weighted by atomic mass is 16.5. The van der Waals surface area contributed by atoms with E-state index >= 15 is 0 Å². The van der Waals surface area contributed by atoms with Crippen LogP contribution in [0, 0.1) is 5.92 Å². The lowest BCUT2D eigenvalue weighted by Crippen LogP contribution is -1.98. The van der Waals surface area contributed by atoms with E-state index in [0.29, 0.717) is 5.92 Å². The molecule has 0 fully saturated rings. The molecule has 0 bridgehead atoms. The van der Waals surface area contributed by atoms with E-state index in [2.05, 4.69) is 18.6 Å². The normalized spacial score (nSPS) is 13.2. The zero-order chi connectivity index (χ0) is 9.40. The van der Waals surface area contributed by atoms with Gasteiger partial charge in [0.05, 0.1) is 7.11 Å². The molecule has 0 spiro atoms. The number of hydrogen-bond donors (Lipinski definition) is 0. The molecular formula is C10H18O2. The molecule has 0 aliphatic heterocycles. The number of hydrogen-bond acceptors (Lipinski definition) is 2. The summed E-state index contributed by atoms with van der Waals surface area (Å²) in [5.41, 5.74) is 0. The SMILES string of the molecule is CCC[C@H](/C=C/C(=O)OC)CC. The predicted molar refractivity (Wildman–Crippen MR) is 49.8 cm³/mol. The third-order valence-corrected chi connectivity index (χ3v) is 1.89. The maximum absolute atomic E-state index is 10.7. The second kappa shape index (κ2) is 6.89. The molecule has 0 radical (unpaired) electrons. The largest absolute Gasteiger partial charge is 0.466 e. The molecule has 0 aromatic carbocycles. The number of rotatable bonds is 5. The van der Waals surface area contributed by atoms with Gasteiger partial charge in [0.1, 0.15) is 0 Å². The molecule has 12 heavy (non-hydrogen) atoms. The molecule has 0 saturated carbocycles. The van der Waals surface area contributed by atoms with E-state index in [1.807, 2.05) is 6.08 Å². The molecule has 0 aromatic heterocycles. The number of methoxy groups -OCH3 is 1. The third kappa shape index (κ3) is 4.94. The van der Waals surface area contributed by atoms with Crippen molar-refractivity contribution in [1.29, 1.82) is 0 Å². The summed E-state index contributed by atoms with van der Waals surface area (Å²) >= 11 is 0. The lowest BCUT2D eigenvalue weighted by Gasteiger charge is -2.06. The van der Waals surface area contributed by atoms with Crippen LogP contribution in [0.25, 0.3) is 0 Å². The Bertz CT molecular complexity index is 150. The summed E-state index contributed by atoms with van der Waals surface area (Å²) in [4.78, 5) is 10.7. The van der Waals surface area contributed by atoms with Crippen LogP contribution in [0.4, 0.5) is 0 Å². The first-order valence-corrected chi connectivity index (χ1v) is 4.50. The minimum Gasteiger partial charge on any atom is -0.466 e. The Morgan fingerprint density at radius 3 is 2.58 bits per heavy atom. The van der Waals surface area contributed by atoms with Gasteiger partial charge in [0.2, 0.25) is 0 Å². The Morgan fingerprint density at radius 1 is 1.50 bits per heavy atom. The highest BCUT2D eigenvalue weighted by Gasteiger charge is 2.00. The average molecular weight is 170 g/mol. The van der Waals surface area contributed by atoms with Gasteiger partial charge in [0.15, 0.2) is 0 Å². The minimum absolute atomic E-state index is 0.260. The highest BCUT2D eigenvalue weighted by Crippen LogP contribution is 2.11. The summed E-state index contributed by atoms with van der Waals surface area (Å²) in [5.74, 6) is 0.263. The quantitative estimate of drug-likeness (QED) is 0.468.